The summed E-state index contributed by atoms with van der Waals surface area (Å²) in [5.74, 6) is 0.136. The van der Waals surface area contributed by atoms with Gasteiger partial charge in [-0.2, -0.15) is 4.98 Å². The highest BCUT2D eigenvalue weighted by Crippen LogP contribution is 2.22. The average molecular weight is 295 g/mol. The van der Waals surface area contributed by atoms with E-state index in [9.17, 15) is 4.79 Å². The summed E-state index contributed by atoms with van der Waals surface area (Å²) in [7, 11) is 0. The standard InChI is InChI=1S/C13H17N3O3S/c1-3-9(2)16(8-12(17)18)7-11-14-13(19-15-11)10-5-4-6-20-10/h4-6,9H,3,7-8H2,1-2H3,(H,17,18). The molecule has 20 heavy (non-hydrogen) atoms. The van der Waals surface area contributed by atoms with Gasteiger partial charge in [0.05, 0.1) is 18.0 Å². The summed E-state index contributed by atoms with van der Waals surface area (Å²) in [6, 6.07) is 3.97. The van der Waals surface area contributed by atoms with Gasteiger partial charge in [-0.1, -0.05) is 18.1 Å². The van der Waals surface area contributed by atoms with Crippen molar-refractivity contribution in [3.05, 3.63) is 23.3 Å². The van der Waals surface area contributed by atoms with E-state index >= 15 is 0 Å². The van der Waals surface area contributed by atoms with E-state index in [1.807, 2.05) is 36.3 Å². The zero-order valence-electron chi connectivity index (χ0n) is 11.4. The predicted molar refractivity (Wildman–Crippen MR) is 75.4 cm³/mol. The number of aromatic nitrogens is 2. The molecule has 0 aliphatic heterocycles. The maximum Gasteiger partial charge on any atom is 0.317 e. The van der Waals surface area contributed by atoms with Crippen molar-refractivity contribution in [3.63, 3.8) is 0 Å². The minimum Gasteiger partial charge on any atom is -0.480 e. The third-order valence-electron chi connectivity index (χ3n) is 3.10. The van der Waals surface area contributed by atoms with E-state index < -0.39 is 5.97 Å². The molecule has 108 valence electrons. The Labute approximate surface area is 121 Å². The fourth-order valence-corrected chi connectivity index (χ4v) is 2.44. The largest absolute Gasteiger partial charge is 0.480 e. The monoisotopic (exact) mass is 295 g/mol. The molecule has 2 aromatic heterocycles. The highest BCUT2D eigenvalue weighted by molar-refractivity contribution is 7.13. The summed E-state index contributed by atoms with van der Waals surface area (Å²) in [6.07, 6.45) is 0.864. The first kappa shape index (κ1) is 14.7. The summed E-state index contributed by atoms with van der Waals surface area (Å²) in [5.41, 5.74) is 0. The molecule has 0 radical (unpaired) electrons. The van der Waals surface area contributed by atoms with Crippen LogP contribution < -0.4 is 0 Å². The van der Waals surface area contributed by atoms with Crippen molar-refractivity contribution in [1.29, 1.82) is 0 Å². The second kappa shape index (κ2) is 6.62. The molecule has 2 aromatic rings. The van der Waals surface area contributed by atoms with Crippen LogP contribution in [0.5, 0.6) is 0 Å². The van der Waals surface area contributed by atoms with Crippen molar-refractivity contribution < 1.29 is 14.4 Å². The van der Waals surface area contributed by atoms with Crippen LogP contribution in [-0.2, 0) is 11.3 Å². The topological polar surface area (TPSA) is 79.5 Å². The van der Waals surface area contributed by atoms with Crippen LogP contribution in [0, 0.1) is 0 Å². The van der Waals surface area contributed by atoms with Crippen molar-refractivity contribution in [1.82, 2.24) is 15.0 Å². The van der Waals surface area contributed by atoms with Gasteiger partial charge in [-0.25, -0.2) is 0 Å². The Morgan fingerprint density at radius 3 is 3.00 bits per heavy atom. The van der Waals surface area contributed by atoms with Crippen LogP contribution in [0.25, 0.3) is 10.8 Å². The van der Waals surface area contributed by atoms with E-state index in [0.717, 1.165) is 11.3 Å². The van der Waals surface area contributed by atoms with Gasteiger partial charge in [-0.05, 0) is 24.8 Å². The number of thiophene rings is 1. The van der Waals surface area contributed by atoms with Gasteiger partial charge in [0.15, 0.2) is 5.82 Å². The molecule has 1 N–H and O–H groups in total. The molecule has 0 amide bonds. The van der Waals surface area contributed by atoms with Crippen LogP contribution in [-0.4, -0.2) is 38.7 Å². The molecule has 6 nitrogen and oxygen atoms in total. The predicted octanol–water partition coefficient (Wildman–Crippen LogP) is 2.48. The van der Waals surface area contributed by atoms with E-state index in [-0.39, 0.29) is 12.6 Å². The minimum absolute atomic E-state index is 0.0299. The summed E-state index contributed by atoms with van der Waals surface area (Å²) >= 11 is 1.53. The third-order valence-corrected chi connectivity index (χ3v) is 3.95. The lowest BCUT2D eigenvalue weighted by molar-refractivity contribution is -0.139. The van der Waals surface area contributed by atoms with Gasteiger partial charge < -0.3 is 9.63 Å². The van der Waals surface area contributed by atoms with E-state index in [2.05, 4.69) is 10.1 Å². The lowest BCUT2D eigenvalue weighted by Gasteiger charge is -2.24. The van der Waals surface area contributed by atoms with Crippen molar-refractivity contribution in [2.24, 2.45) is 0 Å². The van der Waals surface area contributed by atoms with Gasteiger partial charge in [0.2, 0.25) is 0 Å². The van der Waals surface area contributed by atoms with Crippen molar-refractivity contribution in [2.75, 3.05) is 6.54 Å². The normalized spacial score (nSPS) is 12.8. The Balaban J connectivity index is 2.08. The van der Waals surface area contributed by atoms with Crippen LogP contribution >= 0.6 is 11.3 Å². The molecule has 0 fully saturated rings. The number of carbonyl (C=O) groups is 1. The average Bonchev–Trinajstić information content (AvgIpc) is 3.06. The molecule has 0 aliphatic rings. The van der Waals surface area contributed by atoms with Gasteiger partial charge in [0.25, 0.3) is 5.89 Å². The van der Waals surface area contributed by atoms with E-state index in [1.54, 1.807) is 0 Å². The maximum atomic E-state index is 10.9. The summed E-state index contributed by atoms with van der Waals surface area (Å²) in [6.45, 7) is 4.35. The number of rotatable bonds is 7. The fourth-order valence-electron chi connectivity index (χ4n) is 1.80. The van der Waals surface area contributed by atoms with Crippen LogP contribution in [0.15, 0.2) is 22.0 Å². The smallest absolute Gasteiger partial charge is 0.317 e. The Kier molecular flexibility index (Phi) is 4.86. The van der Waals surface area contributed by atoms with Crippen LogP contribution in [0.4, 0.5) is 0 Å². The zero-order chi connectivity index (χ0) is 14.5. The molecule has 7 heteroatoms. The highest BCUT2D eigenvalue weighted by atomic mass is 32.1. The first-order valence-corrected chi connectivity index (χ1v) is 7.30. The number of carboxylic acid groups (broad SMARTS) is 1. The Morgan fingerprint density at radius 1 is 1.60 bits per heavy atom. The lowest BCUT2D eigenvalue weighted by atomic mass is 10.2. The first-order chi connectivity index (χ1) is 9.60. The maximum absolute atomic E-state index is 10.9. The third kappa shape index (κ3) is 3.64. The van der Waals surface area contributed by atoms with Crippen LogP contribution in [0.2, 0.25) is 0 Å². The molecule has 2 rings (SSSR count). The first-order valence-electron chi connectivity index (χ1n) is 6.42. The minimum atomic E-state index is -0.854. The molecule has 1 unspecified atom stereocenters. The highest BCUT2D eigenvalue weighted by Gasteiger charge is 2.19. The van der Waals surface area contributed by atoms with Gasteiger partial charge in [-0.3, -0.25) is 9.69 Å². The summed E-state index contributed by atoms with van der Waals surface area (Å²) in [5, 5.41) is 14.8. The molecule has 0 aliphatic carbocycles. The van der Waals surface area contributed by atoms with Crippen molar-refractivity contribution >= 4 is 17.3 Å². The second-order valence-electron chi connectivity index (χ2n) is 4.55. The van der Waals surface area contributed by atoms with Crippen molar-refractivity contribution in [3.8, 4) is 10.8 Å². The van der Waals surface area contributed by atoms with E-state index in [4.69, 9.17) is 9.63 Å². The summed E-state index contributed by atoms with van der Waals surface area (Å²) in [4.78, 5) is 18.0. The Bertz CT molecular complexity index is 553. The van der Waals surface area contributed by atoms with E-state index in [1.165, 1.54) is 11.3 Å². The number of hydrogen-bond acceptors (Lipinski definition) is 6. The second-order valence-corrected chi connectivity index (χ2v) is 5.50. The number of aliphatic carboxylic acids is 1. The zero-order valence-corrected chi connectivity index (χ0v) is 12.3. The van der Waals surface area contributed by atoms with Crippen LogP contribution in [0.1, 0.15) is 26.1 Å². The lowest BCUT2D eigenvalue weighted by Crippen LogP contribution is -2.36. The van der Waals surface area contributed by atoms with Gasteiger partial charge >= 0.3 is 5.97 Å². The van der Waals surface area contributed by atoms with Gasteiger partial charge in [-0.15, -0.1) is 11.3 Å². The van der Waals surface area contributed by atoms with Gasteiger partial charge in [0, 0.05) is 6.04 Å². The fraction of sp³-hybridized carbons (Fsp3) is 0.462. The molecule has 0 spiro atoms. The molecule has 2 heterocycles. The van der Waals surface area contributed by atoms with Crippen LogP contribution in [0.3, 0.4) is 0 Å². The Morgan fingerprint density at radius 2 is 2.40 bits per heavy atom. The summed E-state index contributed by atoms with van der Waals surface area (Å²) < 4.78 is 5.20. The molecule has 0 saturated carbocycles. The molecule has 0 bridgehead atoms. The van der Waals surface area contributed by atoms with Crippen molar-refractivity contribution in [2.45, 2.75) is 32.9 Å². The van der Waals surface area contributed by atoms with Gasteiger partial charge in [0.1, 0.15) is 0 Å². The molecular weight excluding hydrogens is 278 g/mol. The number of nitrogens with zero attached hydrogens (tertiary/aromatic N) is 3. The quantitative estimate of drug-likeness (QED) is 0.845. The number of carboxylic acids is 1. The Hall–Kier alpha value is -1.73. The SMILES string of the molecule is CCC(C)N(CC(=O)O)Cc1noc(-c2cccs2)n1. The molecule has 0 aromatic carbocycles. The number of hydrogen-bond donors (Lipinski definition) is 1. The molecular formula is C13H17N3O3S. The van der Waals surface area contributed by atoms with E-state index in [0.29, 0.717) is 18.3 Å². The molecule has 1 atom stereocenters. The molecule has 0 saturated heterocycles.